The molecule has 0 unspecified atom stereocenters. The van der Waals surface area contributed by atoms with E-state index in [1.165, 1.54) is 0 Å². The molecule has 2 aromatic rings. The molecule has 2 N–H and O–H groups in total. The van der Waals surface area contributed by atoms with Gasteiger partial charge in [-0.3, -0.25) is 0 Å². The van der Waals surface area contributed by atoms with Crippen molar-refractivity contribution in [2.45, 2.75) is 16.3 Å². The summed E-state index contributed by atoms with van der Waals surface area (Å²) in [4.78, 5) is 2.02. The van der Waals surface area contributed by atoms with Crippen LogP contribution >= 0.6 is 23.4 Å². The number of hydrogen-bond acceptors (Lipinski definition) is 3. The molecule has 0 fully saturated rings. The van der Waals surface area contributed by atoms with E-state index in [1.807, 2.05) is 42.5 Å². The van der Waals surface area contributed by atoms with Crippen LogP contribution in [0.4, 0.5) is 0 Å². The van der Waals surface area contributed by atoms with Gasteiger partial charge in [0.1, 0.15) is 5.75 Å². The highest BCUT2D eigenvalue weighted by Crippen LogP contribution is 2.39. The molecular formula is C14H14ClNOS. The molecule has 0 saturated heterocycles. The Kier molecular flexibility index (Phi) is 4.53. The number of para-hydroxylation sites is 1. The third-order valence-corrected chi connectivity index (χ3v) is 4.22. The van der Waals surface area contributed by atoms with Gasteiger partial charge in [-0.2, -0.15) is 0 Å². The first-order chi connectivity index (χ1) is 8.76. The zero-order valence-electron chi connectivity index (χ0n) is 10.0. The van der Waals surface area contributed by atoms with Gasteiger partial charge in [0, 0.05) is 11.4 Å². The van der Waals surface area contributed by atoms with Gasteiger partial charge in [-0.25, -0.2) is 0 Å². The van der Waals surface area contributed by atoms with Crippen LogP contribution in [0.2, 0.25) is 5.02 Å². The minimum absolute atomic E-state index is 0.470. The predicted octanol–water partition coefficient (Wildman–Crippen LogP) is 3.96. The number of nitrogens with two attached hydrogens (primary N) is 1. The molecule has 94 valence electrons. The highest BCUT2D eigenvalue weighted by Gasteiger charge is 2.10. The fourth-order valence-electron chi connectivity index (χ4n) is 1.64. The van der Waals surface area contributed by atoms with Crippen LogP contribution in [-0.4, -0.2) is 7.11 Å². The number of halogens is 1. The molecule has 18 heavy (non-hydrogen) atoms. The highest BCUT2D eigenvalue weighted by molar-refractivity contribution is 7.99. The molecule has 0 heterocycles. The van der Waals surface area contributed by atoms with E-state index in [2.05, 4.69) is 0 Å². The lowest BCUT2D eigenvalue weighted by molar-refractivity contribution is 0.405. The molecule has 2 aromatic carbocycles. The Labute approximate surface area is 116 Å². The summed E-state index contributed by atoms with van der Waals surface area (Å²) in [5.74, 6) is 0.838. The minimum atomic E-state index is 0.470. The van der Waals surface area contributed by atoms with E-state index in [9.17, 15) is 0 Å². The van der Waals surface area contributed by atoms with Crippen LogP contribution in [0.1, 0.15) is 5.56 Å². The maximum atomic E-state index is 6.24. The van der Waals surface area contributed by atoms with E-state index in [0.717, 1.165) is 21.1 Å². The lowest BCUT2D eigenvalue weighted by atomic mass is 10.2. The molecule has 0 aliphatic rings. The van der Waals surface area contributed by atoms with Gasteiger partial charge in [-0.15, -0.1) is 0 Å². The average molecular weight is 280 g/mol. The van der Waals surface area contributed by atoms with Crippen LogP contribution in [0.25, 0.3) is 0 Å². The van der Waals surface area contributed by atoms with Crippen LogP contribution in [0.3, 0.4) is 0 Å². The molecular weight excluding hydrogens is 266 g/mol. The SMILES string of the molecule is COc1ccccc1Sc1c(Cl)cccc1CN. The average Bonchev–Trinajstić information content (AvgIpc) is 2.41. The molecule has 0 spiro atoms. The van der Waals surface area contributed by atoms with Crippen molar-refractivity contribution < 1.29 is 4.74 Å². The van der Waals surface area contributed by atoms with Crippen LogP contribution < -0.4 is 10.5 Å². The van der Waals surface area contributed by atoms with Crippen molar-refractivity contribution in [2.75, 3.05) is 7.11 Å². The van der Waals surface area contributed by atoms with E-state index >= 15 is 0 Å². The molecule has 2 rings (SSSR count). The van der Waals surface area contributed by atoms with Crippen LogP contribution in [-0.2, 0) is 6.54 Å². The molecule has 0 aromatic heterocycles. The van der Waals surface area contributed by atoms with E-state index in [-0.39, 0.29) is 0 Å². The maximum absolute atomic E-state index is 6.24. The van der Waals surface area contributed by atoms with E-state index in [1.54, 1.807) is 18.9 Å². The smallest absolute Gasteiger partial charge is 0.132 e. The largest absolute Gasteiger partial charge is 0.496 e. The summed E-state index contributed by atoms with van der Waals surface area (Å²) in [6.07, 6.45) is 0. The first kappa shape index (κ1) is 13.3. The Morgan fingerprint density at radius 1 is 1.17 bits per heavy atom. The summed E-state index contributed by atoms with van der Waals surface area (Å²) in [6, 6.07) is 13.6. The van der Waals surface area contributed by atoms with Crippen molar-refractivity contribution >= 4 is 23.4 Å². The third-order valence-electron chi connectivity index (χ3n) is 2.55. The van der Waals surface area contributed by atoms with Crippen LogP contribution in [0.5, 0.6) is 5.75 Å². The van der Waals surface area contributed by atoms with Crippen molar-refractivity contribution in [3.05, 3.63) is 53.1 Å². The summed E-state index contributed by atoms with van der Waals surface area (Å²) in [5, 5.41) is 0.717. The second kappa shape index (κ2) is 6.14. The molecule has 0 bridgehead atoms. The van der Waals surface area contributed by atoms with E-state index in [4.69, 9.17) is 22.1 Å². The fourth-order valence-corrected chi connectivity index (χ4v) is 3.02. The number of benzene rings is 2. The topological polar surface area (TPSA) is 35.2 Å². The summed E-state index contributed by atoms with van der Waals surface area (Å²) >= 11 is 7.82. The normalized spacial score (nSPS) is 10.4. The number of methoxy groups -OCH3 is 1. The zero-order chi connectivity index (χ0) is 13.0. The second-order valence-electron chi connectivity index (χ2n) is 3.69. The van der Waals surface area contributed by atoms with Gasteiger partial charge in [0.15, 0.2) is 0 Å². The molecule has 2 nitrogen and oxygen atoms in total. The van der Waals surface area contributed by atoms with Crippen molar-refractivity contribution in [1.82, 2.24) is 0 Å². The quantitative estimate of drug-likeness (QED) is 0.920. The lowest BCUT2D eigenvalue weighted by Crippen LogP contribution is -1.98. The molecule has 0 radical (unpaired) electrons. The van der Waals surface area contributed by atoms with Gasteiger partial charge >= 0.3 is 0 Å². The summed E-state index contributed by atoms with van der Waals surface area (Å²) < 4.78 is 5.34. The Hall–Kier alpha value is -1.16. The molecule has 0 aliphatic heterocycles. The summed E-state index contributed by atoms with van der Waals surface area (Å²) in [5.41, 5.74) is 6.78. The van der Waals surface area contributed by atoms with Gasteiger partial charge in [0.05, 0.1) is 17.0 Å². The van der Waals surface area contributed by atoms with Crippen molar-refractivity contribution in [3.8, 4) is 5.75 Å². The van der Waals surface area contributed by atoms with Gasteiger partial charge in [0.25, 0.3) is 0 Å². The van der Waals surface area contributed by atoms with Crippen molar-refractivity contribution in [3.63, 3.8) is 0 Å². The van der Waals surface area contributed by atoms with Crippen LogP contribution in [0, 0.1) is 0 Å². The Morgan fingerprint density at radius 2 is 1.94 bits per heavy atom. The molecule has 0 atom stereocenters. The first-order valence-corrected chi connectivity index (χ1v) is 6.74. The Morgan fingerprint density at radius 3 is 2.67 bits per heavy atom. The highest BCUT2D eigenvalue weighted by atomic mass is 35.5. The molecule has 0 saturated carbocycles. The zero-order valence-corrected chi connectivity index (χ0v) is 11.6. The minimum Gasteiger partial charge on any atom is -0.496 e. The monoisotopic (exact) mass is 279 g/mol. The van der Waals surface area contributed by atoms with E-state index in [0.29, 0.717) is 11.6 Å². The number of hydrogen-bond donors (Lipinski definition) is 1. The molecule has 0 aliphatic carbocycles. The van der Waals surface area contributed by atoms with Crippen molar-refractivity contribution in [1.29, 1.82) is 0 Å². The summed E-state index contributed by atoms with van der Waals surface area (Å²) in [6.45, 7) is 0.470. The number of rotatable bonds is 4. The lowest BCUT2D eigenvalue weighted by Gasteiger charge is -2.12. The molecule has 0 amide bonds. The standard InChI is InChI=1S/C14H14ClNOS/c1-17-12-7-2-3-8-13(12)18-14-10(9-16)5-4-6-11(14)15/h2-8H,9,16H2,1H3. The number of ether oxygens (including phenoxy) is 1. The Balaban J connectivity index is 2.39. The second-order valence-corrected chi connectivity index (χ2v) is 5.14. The third kappa shape index (κ3) is 2.80. The van der Waals surface area contributed by atoms with Gasteiger partial charge in [0.2, 0.25) is 0 Å². The van der Waals surface area contributed by atoms with Crippen LogP contribution in [0.15, 0.2) is 52.3 Å². The molecule has 4 heteroatoms. The van der Waals surface area contributed by atoms with Gasteiger partial charge in [-0.1, -0.05) is 47.6 Å². The maximum Gasteiger partial charge on any atom is 0.132 e. The van der Waals surface area contributed by atoms with Crippen molar-refractivity contribution in [2.24, 2.45) is 5.73 Å². The summed E-state index contributed by atoms with van der Waals surface area (Å²) in [7, 11) is 1.66. The predicted molar refractivity (Wildman–Crippen MR) is 76.5 cm³/mol. The van der Waals surface area contributed by atoms with Gasteiger partial charge in [-0.05, 0) is 23.8 Å². The van der Waals surface area contributed by atoms with E-state index < -0.39 is 0 Å². The first-order valence-electron chi connectivity index (χ1n) is 5.54. The van der Waals surface area contributed by atoms with Gasteiger partial charge < -0.3 is 10.5 Å². The fraction of sp³-hybridized carbons (Fsp3) is 0.143. The Bertz CT molecular complexity index is 545.